The number of carboxylic acid groups (broad SMARTS) is 1. The fourth-order valence-corrected chi connectivity index (χ4v) is 1.62. The van der Waals surface area contributed by atoms with E-state index in [2.05, 4.69) is 0 Å². The minimum atomic E-state index is -0.822. The first kappa shape index (κ1) is 13.5. The summed E-state index contributed by atoms with van der Waals surface area (Å²) in [5.74, 6) is -1.57. The van der Waals surface area contributed by atoms with Gasteiger partial charge in [-0.05, 0) is 38.1 Å². The fourth-order valence-electron chi connectivity index (χ4n) is 1.62. The standard InChI is InChI=1S/C13H18FNO2/c1-9(2)15(8-10(3)13(16)17)12-6-4-11(14)5-7-12/h4-7,9-10H,8H2,1-3H3,(H,16,17). The number of carboxylic acids is 1. The third-order valence-electron chi connectivity index (χ3n) is 2.67. The lowest BCUT2D eigenvalue weighted by molar-refractivity contribution is -0.140. The molecule has 1 aromatic rings. The number of carbonyl (C=O) groups is 1. The third kappa shape index (κ3) is 3.73. The Labute approximate surface area is 101 Å². The van der Waals surface area contributed by atoms with Gasteiger partial charge in [0.05, 0.1) is 5.92 Å². The van der Waals surface area contributed by atoms with Crippen molar-refractivity contribution in [1.29, 1.82) is 0 Å². The van der Waals surface area contributed by atoms with Gasteiger partial charge in [0.1, 0.15) is 5.82 Å². The molecule has 0 aromatic heterocycles. The van der Waals surface area contributed by atoms with Crippen LogP contribution in [-0.4, -0.2) is 23.7 Å². The Morgan fingerprint density at radius 2 is 1.82 bits per heavy atom. The summed E-state index contributed by atoms with van der Waals surface area (Å²) in [7, 11) is 0. The van der Waals surface area contributed by atoms with Crippen molar-refractivity contribution in [2.45, 2.75) is 26.8 Å². The van der Waals surface area contributed by atoms with Gasteiger partial charge in [-0.25, -0.2) is 4.39 Å². The number of benzene rings is 1. The molecule has 1 aromatic carbocycles. The van der Waals surface area contributed by atoms with Crippen LogP contribution >= 0.6 is 0 Å². The topological polar surface area (TPSA) is 40.5 Å². The van der Waals surface area contributed by atoms with Crippen molar-refractivity contribution in [1.82, 2.24) is 0 Å². The molecule has 1 N–H and O–H groups in total. The molecule has 94 valence electrons. The van der Waals surface area contributed by atoms with Crippen LogP contribution in [0.25, 0.3) is 0 Å². The van der Waals surface area contributed by atoms with E-state index in [0.29, 0.717) is 6.54 Å². The molecule has 0 spiro atoms. The summed E-state index contributed by atoms with van der Waals surface area (Å²) in [6.45, 7) is 6.05. The van der Waals surface area contributed by atoms with Gasteiger partial charge in [0, 0.05) is 18.3 Å². The summed E-state index contributed by atoms with van der Waals surface area (Å²) in [6, 6.07) is 6.28. The average Bonchev–Trinajstić information content (AvgIpc) is 2.26. The second-order valence-corrected chi connectivity index (χ2v) is 4.46. The van der Waals surface area contributed by atoms with Gasteiger partial charge in [-0.1, -0.05) is 6.92 Å². The van der Waals surface area contributed by atoms with E-state index in [-0.39, 0.29) is 11.9 Å². The van der Waals surface area contributed by atoms with Crippen molar-refractivity contribution in [2.24, 2.45) is 5.92 Å². The van der Waals surface area contributed by atoms with E-state index in [4.69, 9.17) is 5.11 Å². The number of hydrogen-bond acceptors (Lipinski definition) is 2. The van der Waals surface area contributed by atoms with Crippen LogP contribution in [-0.2, 0) is 4.79 Å². The lowest BCUT2D eigenvalue weighted by atomic mass is 10.1. The molecule has 0 aliphatic carbocycles. The molecule has 1 unspecified atom stereocenters. The second-order valence-electron chi connectivity index (χ2n) is 4.46. The molecule has 17 heavy (non-hydrogen) atoms. The van der Waals surface area contributed by atoms with Crippen molar-refractivity contribution in [3.63, 3.8) is 0 Å². The number of aliphatic carboxylic acids is 1. The van der Waals surface area contributed by atoms with Gasteiger partial charge in [-0.2, -0.15) is 0 Å². The Morgan fingerprint density at radius 1 is 1.29 bits per heavy atom. The van der Waals surface area contributed by atoms with Gasteiger partial charge >= 0.3 is 5.97 Å². The van der Waals surface area contributed by atoms with E-state index in [0.717, 1.165) is 5.69 Å². The SMILES string of the molecule is CC(CN(c1ccc(F)cc1)C(C)C)C(=O)O. The van der Waals surface area contributed by atoms with E-state index >= 15 is 0 Å². The molecule has 1 rings (SSSR count). The van der Waals surface area contributed by atoms with Crippen LogP contribution in [0.5, 0.6) is 0 Å². The maximum absolute atomic E-state index is 12.8. The Bertz CT molecular complexity index is 376. The first-order valence-electron chi connectivity index (χ1n) is 5.67. The molecule has 0 heterocycles. The van der Waals surface area contributed by atoms with E-state index in [9.17, 15) is 9.18 Å². The zero-order valence-electron chi connectivity index (χ0n) is 10.4. The quantitative estimate of drug-likeness (QED) is 0.859. The van der Waals surface area contributed by atoms with Crippen molar-refractivity contribution < 1.29 is 14.3 Å². The number of halogens is 1. The second kappa shape index (κ2) is 5.66. The lowest BCUT2D eigenvalue weighted by Crippen LogP contribution is -2.37. The molecule has 0 saturated carbocycles. The normalized spacial score (nSPS) is 12.5. The minimum absolute atomic E-state index is 0.169. The van der Waals surface area contributed by atoms with Gasteiger partial charge < -0.3 is 10.0 Å². The van der Waals surface area contributed by atoms with Crippen molar-refractivity contribution in [3.8, 4) is 0 Å². The molecule has 0 aliphatic heterocycles. The fraction of sp³-hybridized carbons (Fsp3) is 0.462. The predicted octanol–water partition coefficient (Wildman–Crippen LogP) is 2.76. The number of hydrogen-bond donors (Lipinski definition) is 1. The smallest absolute Gasteiger partial charge is 0.308 e. The third-order valence-corrected chi connectivity index (χ3v) is 2.67. The van der Waals surface area contributed by atoms with Gasteiger partial charge in [0.15, 0.2) is 0 Å². The first-order valence-corrected chi connectivity index (χ1v) is 5.67. The van der Waals surface area contributed by atoms with Crippen molar-refractivity contribution in [3.05, 3.63) is 30.1 Å². The molecule has 0 amide bonds. The number of rotatable bonds is 5. The molecule has 1 atom stereocenters. The van der Waals surface area contributed by atoms with E-state index in [1.165, 1.54) is 12.1 Å². The highest BCUT2D eigenvalue weighted by Gasteiger charge is 2.18. The molecule has 0 bridgehead atoms. The highest BCUT2D eigenvalue weighted by Crippen LogP contribution is 2.19. The summed E-state index contributed by atoms with van der Waals surface area (Å²) in [5, 5.41) is 8.92. The largest absolute Gasteiger partial charge is 0.481 e. The van der Waals surface area contributed by atoms with Crippen LogP contribution in [0.1, 0.15) is 20.8 Å². The molecule has 4 heteroatoms. The van der Waals surface area contributed by atoms with Crippen molar-refractivity contribution >= 4 is 11.7 Å². The Morgan fingerprint density at radius 3 is 2.24 bits per heavy atom. The molecule has 0 fully saturated rings. The van der Waals surface area contributed by atoms with Crippen LogP contribution in [0.4, 0.5) is 10.1 Å². The van der Waals surface area contributed by atoms with Crippen LogP contribution in [0.3, 0.4) is 0 Å². The summed E-state index contributed by atoms with van der Waals surface area (Å²) < 4.78 is 12.8. The minimum Gasteiger partial charge on any atom is -0.481 e. The van der Waals surface area contributed by atoms with Gasteiger partial charge in [-0.3, -0.25) is 4.79 Å². The van der Waals surface area contributed by atoms with Crippen LogP contribution < -0.4 is 4.90 Å². The van der Waals surface area contributed by atoms with Gasteiger partial charge in [0.25, 0.3) is 0 Å². The zero-order valence-corrected chi connectivity index (χ0v) is 10.4. The van der Waals surface area contributed by atoms with Gasteiger partial charge in [0.2, 0.25) is 0 Å². The summed E-state index contributed by atoms with van der Waals surface area (Å²) >= 11 is 0. The Hall–Kier alpha value is -1.58. The van der Waals surface area contributed by atoms with Crippen LogP contribution in [0, 0.1) is 11.7 Å². The Balaban J connectivity index is 2.86. The summed E-state index contributed by atoms with van der Waals surface area (Å²) in [4.78, 5) is 12.8. The monoisotopic (exact) mass is 239 g/mol. The molecular weight excluding hydrogens is 221 g/mol. The maximum Gasteiger partial charge on any atom is 0.308 e. The molecule has 0 radical (unpaired) electrons. The van der Waals surface area contributed by atoms with Crippen molar-refractivity contribution in [2.75, 3.05) is 11.4 Å². The molecule has 0 aliphatic rings. The van der Waals surface area contributed by atoms with Crippen LogP contribution in [0.2, 0.25) is 0 Å². The van der Waals surface area contributed by atoms with E-state index < -0.39 is 11.9 Å². The average molecular weight is 239 g/mol. The maximum atomic E-state index is 12.8. The summed E-state index contributed by atoms with van der Waals surface area (Å²) in [6.07, 6.45) is 0. The Kier molecular flexibility index (Phi) is 4.49. The van der Waals surface area contributed by atoms with E-state index in [1.807, 2.05) is 18.7 Å². The molecular formula is C13H18FNO2. The van der Waals surface area contributed by atoms with E-state index in [1.54, 1.807) is 19.1 Å². The first-order chi connectivity index (χ1) is 7.91. The van der Waals surface area contributed by atoms with Crippen LogP contribution in [0.15, 0.2) is 24.3 Å². The number of anilines is 1. The lowest BCUT2D eigenvalue weighted by Gasteiger charge is -2.30. The predicted molar refractivity (Wildman–Crippen MR) is 65.7 cm³/mol. The highest BCUT2D eigenvalue weighted by molar-refractivity contribution is 5.70. The molecule has 3 nitrogen and oxygen atoms in total. The highest BCUT2D eigenvalue weighted by atomic mass is 19.1. The molecule has 0 saturated heterocycles. The summed E-state index contributed by atoms with van der Waals surface area (Å²) in [5.41, 5.74) is 0.842. The van der Waals surface area contributed by atoms with Gasteiger partial charge in [-0.15, -0.1) is 0 Å². The number of nitrogens with zero attached hydrogens (tertiary/aromatic N) is 1. The zero-order chi connectivity index (χ0) is 13.0.